The van der Waals surface area contributed by atoms with E-state index in [-0.39, 0.29) is 0 Å². The van der Waals surface area contributed by atoms with E-state index in [1.165, 1.54) is 0 Å². The number of rotatable bonds is 3. The lowest BCUT2D eigenvalue weighted by atomic mass is 10.2. The second-order valence-electron chi connectivity index (χ2n) is 4.35. The van der Waals surface area contributed by atoms with E-state index in [9.17, 15) is 0 Å². The molecule has 0 amide bonds. The van der Waals surface area contributed by atoms with Gasteiger partial charge in [-0.05, 0) is 19.1 Å². The van der Waals surface area contributed by atoms with Gasteiger partial charge in [-0.3, -0.25) is 4.68 Å². The zero-order valence-corrected chi connectivity index (χ0v) is 12.2. The highest BCUT2D eigenvalue weighted by atomic mass is 35.5. The Morgan fingerprint density at radius 3 is 3.00 bits per heavy atom. The summed E-state index contributed by atoms with van der Waals surface area (Å²) in [6.07, 6.45) is 1.87. The minimum absolute atomic E-state index is 0.691. The van der Waals surface area contributed by atoms with Gasteiger partial charge in [0.15, 0.2) is 0 Å². The van der Waals surface area contributed by atoms with Crippen LogP contribution < -0.4 is 5.32 Å². The van der Waals surface area contributed by atoms with Crippen LogP contribution in [0.4, 0.5) is 5.69 Å². The van der Waals surface area contributed by atoms with Crippen LogP contribution in [0.25, 0.3) is 10.2 Å². The monoisotopic (exact) mass is 292 g/mol. The number of thiazole rings is 1. The molecule has 0 unspecified atom stereocenters. The second-order valence-corrected chi connectivity index (χ2v) is 5.65. The number of aryl methyl sites for hydroxylation is 1. The molecule has 0 saturated carbocycles. The number of fused-ring (bicyclic) bond motifs is 1. The van der Waals surface area contributed by atoms with Crippen LogP contribution in [0, 0.1) is 6.92 Å². The largest absolute Gasteiger partial charge is 0.378 e. The topological polar surface area (TPSA) is 42.7 Å². The van der Waals surface area contributed by atoms with Crippen LogP contribution in [0.3, 0.4) is 0 Å². The van der Waals surface area contributed by atoms with Gasteiger partial charge in [-0.25, -0.2) is 4.98 Å². The first kappa shape index (κ1) is 12.4. The third-order valence-electron chi connectivity index (χ3n) is 3.24. The molecular weight excluding hydrogens is 280 g/mol. The fraction of sp³-hybridized carbons (Fsp3) is 0.231. The molecule has 0 radical (unpaired) electrons. The van der Waals surface area contributed by atoms with E-state index in [2.05, 4.69) is 22.3 Å². The normalized spacial score (nSPS) is 11.1. The van der Waals surface area contributed by atoms with Crippen molar-refractivity contribution >= 4 is 38.8 Å². The molecule has 0 spiro atoms. The highest BCUT2D eigenvalue weighted by Crippen LogP contribution is 2.32. The van der Waals surface area contributed by atoms with E-state index < -0.39 is 0 Å². The van der Waals surface area contributed by atoms with Crippen LogP contribution in [0.1, 0.15) is 11.3 Å². The third kappa shape index (κ3) is 2.19. The van der Waals surface area contributed by atoms with E-state index in [1.807, 2.05) is 35.6 Å². The molecule has 19 heavy (non-hydrogen) atoms. The molecule has 0 fully saturated rings. The van der Waals surface area contributed by atoms with E-state index in [0.717, 1.165) is 27.2 Å². The second kappa shape index (κ2) is 4.83. The molecule has 1 N–H and O–H groups in total. The van der Waals surface area contributed by atoms with Gasteiger partial charge in [-0.1, -0.05) is 11.6 Å². The minimum Gasteiger partial charge on any atom is -0.378 e. The van der Waals surface area contributed by atoms with Gasteiger partial charge >= 0.3 is 0 Å². The van der Waals surface area contributed by atoms with E-state index in [1.54, 1.807) is 11.3 Å². The first-order chi connectivity index (χ1) is 9.16. The summed E-state index contributed by atoms with van der Waals surface area (Å²) in [6, 6.07) is 3.90. The maximum atomic E-state index is 6.25. The number of halogens is 1. The smallest absolute Gasteiger partial charge is 0.106 e. The van der Waals surface area contributed by atoms with Crippen LogP contribution >= 0.6 is 22.9 Å². The van der Waals surface area contributed by atoms with Crippen molar-refractivity contribution in [1.82, 2.24) is 14.8 Å². The molecule has 98 valence electrons. The van der Waals surface area contributed by atoms with Crippen molar-refractivity contribution in [2.24, 2.45) is 7.05 Å². The van der Waals surface area contributed by atoms with Gasteiger partial charge in [0.05, 0.1) is 27.1 Å². The Morgan fingerprint density at radius 1 is 1.42 bits per heavy atom. The van der Waals surface area contributed by atoms with Crippen LogP contribution in [0.5, 0.6) is 0 Å². The molecule has 3 rings (SSSR count). The van der Waals surface area contributed by atoms with Crippen molar-refractivity contribution < 1.29 is 0 Å². The summed E-state index contributed by atoms with van der Waals surface area (Å²) in [6.45, 7) is 2.74. The van der Waals surface area contributed by atoms with Crippen molar-refractivity contribution in [2.45, 2.75) is 13.5 Å². The van der Waals surface area contributed by atoms with E-state index in [4.69, 9.17) is 11.6 Å². The summed E-state index contributed by atoms with van der Waals surface area (Å²) >= 11 is 7.87. The molecule has 3 aromatic rings. The number of nitrogens with one attached hydrogen (secondary N) is 1. The van der Waals surface area contributed by atoms with Crippen LogP contribution in [-0.4, -0.2) is 14.8 Å². The van der Waals surface area contributed by atoms with Gasteiger partial charge in [0.1, 0.15) is 5.52 Å². The Labute approximate surface area is 120 Å². The summed E-state index contributed by atoms with van der Waals surface area (Å²) in [5.41, 5.74) is 5.96. The SMILES string of the molecule is Cc1c(CNc2c(Cl)ccc3scnc23)cnn1C. The molecule has 2 aromatic heterocycles. The van der Waals surface area contributed by atoms with Gasteiger partial charge in [0.25, 0.3) is 0 Å². The molecular formula is C13H13ClN4S. The summed E-state index contributed by atoms with van der Waals surface area (Å²) in [5, 5.41) is 8.30. The van der Waals surface area contributed by atoms with Gasteiger partial charge < -0.3 is 5.32 Å². The fourth-order valence-corrected chi connectivity index (χ4v) is 2.88. The quantitative estimate of drug-likeness (QED) is 0.802. The first-order valence-corrected chi connectivity index (χ1v) is 7.15. The molecule has 6 heteroatoms. The molecule has 0 bridgehead atoms. The Bertz CT molecular complexity index is 731. The van der Waals surface area contributed by atoms with Gasteiger partial charge in [0.2, 0.25) is 0 Å². The lowest BCUT2D eigenvalue weighted by Crippen LogP contribution is -2.02. The molecule has 4 nitrogen and oxygen atoms in total. The van der Waals surface area contributed by atoms with Gasteiger partial charge in [0, 0.05) is 24.8 Å². The molecule has 0 aliphatic heterocycles. The summed E-state index contributed by atoms with van der Waals surface area (Å²) in [4.78, 5) is 4.37. The lowest BCUT2D eigenvalue weighted by Gasteiger charge is -2.09. The average Bonchev–Trinajstić information content (AvgIpc) is 2.98. The summed E-state index contributed by atoms with van der Waals surface area (Å²) < 4.78 is 3.00. The van der Waals surface area contributed by atoms with Crippen LogP contribution in [-0.2, 0) is 13.6 Å². The number of aromatic nitrogens is 3. The number of nitrogens with zero attached hydrogens (tertiary/aromatic N) is 3. The zero-order chi connectivity index (χ0) is 13.4. The zero-order valence-electron chi connectivity index (χ0n) is 10.6. The van der Waals surface area contributed by atoms with Gasteiger partial charge in [-0.2, -0.15) is 5.10 Å². The van der Waals surface area contributed by atoms with E-state index in [0.29, 0.717) is 11.6 Å². The predicted molar refractivity (Wildman–Crippen MR) is 79.9 cm³/mol. The Hall–Kier alpha value is -1.59. The third-order valence-corrected chi connectivity index (χ3v) is 4.35. The van der Waals surface area contributed by atoms with E-state index >= 15 is 0 Å². The summed E-state index contributed by atoms with van der Waals surface area (Å²) in [7, 11) is 1.94. The number of hydrogen-bond donors (Lipinski definition) is 1. The highest BCUT2D eigenvalue weighted by molar-refractivity contribution is 7.16. The molecule has 0 aliphatic carbocycles. The predicted octanol–water partition coefficient (Wildman–Crippen LogP) is 3.60. The minimum atomic E-state index is 0.691. The Balaban J connectivity index is 1.91. The number of hydrogen-bond acceptors (Lipinski definition) is 4. The molecule has 0 saturated heterocycles. The maximum Gasteiger partial charge on any atom is 0.106 e. The van der Waals surface area contributed by atoms with Crippen molar-refractivity contribution in [3.05, 3.63) is 40.1 Å². The number of anilines is 1. The van der Waals surface area contributed by atoms with Crippen LogP contribution in [0.15, 0.2) is 23.8 Å². The maximum absolute atomic E-state index is 6.25. The number of benzene rings is 1. The Kier molecular flexibility index (Phi) is 3.16. The standard InChI is InChI=1S/C13H13ClN4S/c1-8-9(6-17-18(8)2)5-15-12-10(14)3-4-11-13(12)16-7-19-11/h3-4,6-7,15H,5H2,1-2H3. The molecule has 2 heterocycles. The molecule has 0 aliphatic rings. The Morgan fingerprint density at radius 2 is 2.26 bits per heavy atom. The van der Waals surface area contributed by atoms with Crippen molar-refractivity contribution in [3.8, 4) is 0 Å². The highest BCUT2D eigenvalue weighted by Gasteiger charge is 2.10. The molecule has 1 aromatic carbocycles. The molecule has 0 atom stereocenters. The first-order valence-electron chi connectivity index (χ1n) is 5.90. The summed E-state index contributed by atoms with van der Waals surface area (Å²) in [5.74, 6) is 0. The van der Waals surface area contributed by atoms with Crippen molar-refractivity contribution in [2.75, 3.05) is 5.32 Å². The fourth-order valence-electron chi connectivity index (χ4n) is 1.98. The lowest BCUT2D eigenvalue weighted by molar-refractivity contribution is 0.738. The van der Waals surface area contributed by atoms with Crippen LogP contribution in [0.2, 0.25) is 5.02 Å². The van der Waals surface area contributed by atoms with Gasteiger partial charge in [-0.15, -0.1) is 11.3 Å². The van der Waals surface area contributed by atoms with Crippen molar-refractivity contribution in [1.29, 1.82) is 0 Å². The van der Waals surface area contributed by atoms with Crippen molar-refractivity contribution in [3.63, 3.8) is 0 Å². The average molecular weight is 293 g/mol.